The van der Waals surface area contributed by atoms with Crippen LogP contribution in [0.1, 0.15) is 46.5 Å². The van der Waals surface area contributed by atoms with Gasteiger partial charge in [0.2, 0.25) is 5.91 Å². The van der Waals surface area contributed by atoms with Crippen molar-refractivity contribution < 1.29 is 4.79 Å². The normalized spacial score (nSPS) is 12.5. The first-order valence-electron chi connectivity index (χ1n) is 8.53. The zero-order valence-corrected chi connectivity index (χ0v) is 15.2. The van der Waals surface area contributed by atoms with Gasteiger partial charge in [0.1, 0.15) is 0 Å². The lowest BCUT2D eigenvalue weighted by molar-refractivity contribution is -0.119. The lowest BCUT2D eigenvalue weighted by Crippen LogP contribution is -2.33. The SMILES string of the molecule is CCCCCn1c(SCC(=O)NC(C)CC)nc2ccccc21. The summed E-state index contributed by atoms with van der Waals surface area (Å²) in [5.41, 5.74) is 2.17. The fourth-order valence-electron chi connectivity index (χ4n) is 2.45. The minimum absolute atomic E-state index is 0.0801. The number of para-hydroxylation sites is 2. The van der Waals surface area contributed by atoms with Gasteiger partial charge in [0, 0.05) is 12.6 Å². The van der Waals surface area contributed by atoms with Crippen LogP contribution < -0.4 is 5.32 Å². The third kappa shape index (κ3) is 4.99. The van der Waals surface area contributed by atoms with Crippen LogP contribution in [0, 0.1) is 0 Å². The average molecular weight is 334 g/mol. The number of hydrogen-bond donors (Lipinski definition) is 1. The first kappa shape index (κ1) is 17.9. The molecule has 126 valence electrons. The van der Waals surface area contributed by atoms with Gasteiger partial charge in [-0.2, -0.15) is 0 Å². The number of imidazole rings is 1. The zero-order chi connectivity index (χ0) is 16.7. The predicted molar refractivity (Wildman–Crippen MR) is 97.9 cm³/mol. The van der Waals surface area contributed by atoms with Crippen LogP contribution in [0.2, 0.25) is 0 Å². The molecule has 1 unspecified atom stereocenters. The van der Waals surface area contributed by atoms with Gasteiger partial charge in [0.25, 0.3) is 0 Å². The summed E-state index contributed by atoms with van der Waals surface area (Å²) < 4.78 is 2.26. The first-order chi connectivity index (χ1) is 11.2. The summed E-state index contributed by atoms with van der Waals surface area (Å²) >= 11 is 1.53. The number of aryl methyl sites for hydroxylation is 1. The van der Waals surface area contributed by atoms with Gasteiger partial charge in [-0.15, -0.1) is 0 Å². The van der Waals surface area contributed by atoms with Crippen molar-refractivity contribution in [3.8, 4) is 0 Å². The van der Waals surface area contributed by atoms with E-state index in [-0.39, 0.29) is 11.9 Å². The maximum Gasteiger partial charge on any atom is 0.230 e. The number of carbonyl (C=O) groups is 1. The summed E-state index contributed by atoms with van der Waals surface area (Å²) in [4.78, 5) is 16.7. The van der Waals surface area contributed by atoms with E-state index in [1.54, 1.807) is 0 Å². The molecule has 2 aromatic rings. The molecule has 23 heavy (non-hydrogen) atoms. The number of hydrogen-bond acceptors (Lipinski definition) is 3. The Balaban J connectivity index is 2.09. The number of unbranched alkanes of at least 4 members (excludes halogenated alkanes) is 2. The molecule has 0 saturated carbocycles. The van der Waals surface area contributed by atoms with Crippen LogP contribution in [0.25, 0.3) is 11.0 Å². The quantitative estimate of drug-likeness (QED) is 0.552. The number of thioether (sulfide) groups is 1. The van der Waals surface area contributed by atoms with E-state index < -0.39 is 0 Å². The Morgan fingerprint density at radius 3 is 2.83 bits per heavy atom. The largest absolute Gasteiger partial charge is 0.353 e. The number of benzene rings is 1. The fourth-order valence-corrected chi connectivity index (χ4v) is 3.30. The van der Waals surface area contributed by atoms with Gasteiger partial charge in [-0.05, 0) is 31.9 Å². The van der Waals surface area contributed by atoms with Gasteiger partial charge in [0.15, 0.2) is 5.16 Å². The van der Waals surface area contributed by atoms with Crippen molar-refractivity contribution in [1.29, 1.82) is 0 Å². The molecule has 0 aliphatic rings. The molecule has 2 rings (SSSR count). The second-order valence-electron chi connectivity index (χ2n) is 5.91. The number of aromatic nitrogens is 2. The third-order valence-corrected chi connectivity index (χ3v) is 4.93. The summed E-state index contributed by atoms with van der Waals surface area (Å²) in [5.74, 6) is 0.498. The first-order valence-corrected chi connectivity index (χ1v) is 9.51. The van der Waals surface area contributed by atoms with Crippen molar-refractivity contribution in [2.75, 3.05) is 5.75 Å². The molecule has 0 saturated heterocycles. The summed E-state index contributed by atoms with van der Waals surface area (Å²) in [6, 6.07) is 8.43. The minimum Gasteiger partial charge on any atom is -0.353 e. The van der Waals surface area contributed by atoms with Crippen molar-refractivity contribution in [1.82, 2.24) is 14.9 Å². The molecule has 0 aliphatic carbocycles. The minimum atomic E-state index is 0.0801. The van der Waals surface area contributed by atoms with E-state index in [0.29, 0.717) is 5.75 Å². The van der Waals surface area contributed by atoms with Crippen molar-refractivity contribution in [3.05, 3.63) is 24.3 Å². The lowest BCUT2D eigenvalue weighted by Gasteiger charge is -2.11. The van der Waals surface area contributed by atoms with Crippen LogP contribution in [0.5, 0.6) is 0 Å². The molecule has 0 radical (unpaired) electrons. The van der Waals surface area contributed by atoms with E-state index in [1.165, 1.54) is 24.6 Å². The summed E-state index contributed by atoms with van der Waals surface area (Å²) in [5, 5.41) is 3.95. The smallest absolute Gasteiger partial charge is 0.230 e. The Morgan fingerprint density at radius 1 is 1.30 bits per heavy atom. The molecular formula is C18H27N3OS. The molecule has 0 fully saturated rings. The molecule has 1 amide bonds. The van der Waals surface area contributed by atoms with Crippen LogP contribution in [0.15, 0.2) is 29.4 Å². The summed E-state index contributed by atoms with van der Waals surface area (Å²) in [7, 11) is 0. The molecule has 0 spiro atoms. The van der Waals surface area contributed by atoms with E-state index in [2.05, 4.69) is 29.8 Å². The van der Waals surface area contributed by atoms with Gasteiger partial charge >= 0.3 is 0 Å². The molecule has 1 N–H and O–H groups in total. The Hall–Kier alpha value is -1.49. The maximum atomic E-state index is 12.0. The molecule has 4 nitrogen and oxygen atoms in total. The number of fused-ring (bicyclic) bond motifs is 1. The molecule has 1 atom stereocenters. The molecule has 5 heteroatoms. The van der Waals surface area contributed by atoms with Gasteiger partial charge in [0.05, 0.1) is 16.8 Å². The average Bonchev–Trinajstić information content (AvgIpc) is 2.91. The van der Waals surface area contributed by atoms with E-state index in [4.69, 9.17) is 4.98 Å². The Bertz CT molecular complexity index is 638. The van der Waals surface area contributed by atoms with Gasteiger partial charge in [-0.3, -0.25) is 4.79 Å². The van der Waals surface area contributed by atoms with Gasteiger partial charge < -0.3 is 9.88 Å². The number of rotatable bonds is 9. The van der Waals surface area contributed by atoms with Crippen molar-refractivity contribution >= 4 is 28.7 Å². The van der Waals surface area contributed by atoms with E-state index >= 15 is 0 Å². The highest BCUT2D eigenvalue weighted by molar-refractivity contribution is 7.99. The molecule has 0 aliphatic heterocycles. The van der Waals surface area contributed by atoms with Crippen molar-refractivity contribution in [2.24, 2.45) is 0 Å². The second-order valence-corrected chi connectivity index (χ2v) is 6.85. The Morgan fingerprint density at radius 2 is 2.09 bits per heavy atom. The molecular weight excluding hydrogens is 306 g/mol. The van der Waals surface area contributed by atoms with E-state index in [9.17, 15) is 4.79 Å². The molecule has 1 aromatic carbocycles. The summed E-state index contributed by atoms with van der Waals surface area (Å²) in [6.07, 6.45) is 4.51. The van der Waals surface area contributed by atoms with Crippen LogP contribution in [0.3, 0.4) is 0 Å². The number of nitrogens with zero attached hydrogens (tertiary/aromatic N) is 2. The highest BCUT2D eigenvalue weighted by Crippen LogP contribution is 2.24. The topological polar surface area (TPSA) is 46.9 Å². The van der Waals surface area contributed by atoms with Gasteiger partial charge in [-0.25, -0.2) is 4.98 Å². The molecule has 1 aromatic heterocycles. The monoisotopic (exact) mass is 333 g/mol. The standard InChI is InChI=1S/C18H27N3OS/c1-4-6-9-12-21-16-11-8-7-10-15(16)20-18(21)23-13-17(22)19-14(3)5-2/h7-8,10-11,14H,4-6,9,12-13H2,1-3H3,(H,19,22). The number of carbonyl (C=O) groups excluding carboxylic acids is 1. The lowest BCUT2D eigenvalue weighted by atomic mass is 10.2. The fraction of sp³-hybridized carbons (Fsp3) is 0.556. The summed E-state index contributed by atoms with van der Waals surface area (Å²) in [6.45, 7) is 7.28. The van der Waals surface area contributed by atoms with Crippen LogP contribution in [0.4, 0.5) is 0 Å². The zero-order valence-electron chi connectivity index (χ0n) is 14.3. The highest BCUT2D eigenvalue weighted by atomic mass is 32.2. The van der Waals surface area contributed by atoms with Gasteiger partial charge in [-0.1, -0.05) is 50.6 Å². The van der Waals surface area contributed by atoms with Crippen molar-refractivity contribution in [3.63, 3.8) is 0 Å². The Labute approximate surface area is 143 Å². The predicted octanol–water partition coefficient (Wildman–Crippen LogP) is 4.23. The van der Waals surface area contributed by atoms with Crippen molar-refractivity contribution in [2.45, 2.75) is 64.2 Å². The van der Waals surface area contributed by atoms with Crippen LogP contribution in [-0.4, -0.2) is 27.3 Å². The maximum absolute atomic E-state index is 12.0. The van der Waals surface area contributed by atoms with Crippen LogP contribution in [-0.2, 0) is 11.3 Å². The third-order valence-electron chi connectivity index (χ3n) is 3.96. The second kappa shape index (κ2) is 8.96. The molecule has 0 bridgehead atoms. The van der Waals surface area contributed by atoms with E-state index in [0.717, 1.165) is 35.6 Å². The molecule has 1 heterocycles. The number of amides is 1. The highest BCUT2D eigenvalue weighted by Gasteiger charge is 2.13. The van der Waals surface area contributed by atoms with Crippen LogP contribution >= 0.6 is 11.8 Å². The van der Waals surface area contributed by atoms with E-state index in [1.807, 2.05) is 25.1 Å². The number of nitrogens with one attached hydrogen (secondary N) is 1. The Kier molecular flexibility index (Phi) is 6.96.